The Morgan fingerprint density at radius 3 is 2.21 bits per heavy atom. The fourth-order valence-electron chi connectivity index (χ4n) is 1.07. The first kappa shape index (κ1) is 16.7. The van der Waals surface area contributed by atoms with Crippen molar-refractivity contribution in [3.05, 3.63) is 53.3 Å². The van der Waals surface area contributed by atoms with Gasteiger partial charge in [-0.1, -0.05) is 23.4 Å². The predicted molar refractivity (Wildman–Crippen MR) is 68.9 cm³/mol. The molecule has 6 nitrogen and oxygen atoms in total. The number of carboxylic acid groups (broad SMARTS) is 1. The second-order valence-electron chi connectivity index (χ2n) is 3.28. The molecule has 0 bridgehead atoms. The number of hydrogen-bond donors (Lipinski definition) is 2. The van der Waals surface area contributed by atoms with E-state index in [4.69, 9.17) is 22.4 Å². The topological polar surface area (TPSA) is 132 Å². The number of benzene rings is 1. The van der Waals surface area contributed by atoms with E-state index in [1.165, 1.54) is 6.07 Å². The number of aromatic amines is 1. The lowest BCUT2D eigenvalue weighted by atomic mass is 10.2. The van der Waals surface area contributed by atoms with E-state index >= 15 is 0 Å². The van der Waals surface area contributed by atoms with E-state index < -0.39 is 11.7 Å². The van der Waals surface area contributed by atoms with Crippen molar-refractivity contribution < 1.29 is 25.5 Å². The maximum atomic E-state index is 10.8. The molecule has 102 valence electrons. The number of nitrogens with one attached hydrogen (secondary N) is 1. The molecule has 0 amide bonds. The zero-order chi connectivity index (χ0) is 13.5. The molecule has 0 fully saturated rings. The molecular weight excluding hydrogens is 272 g/mol. The van der Waals surface area contributed by atoms with Gasteiger partial charge in [0, 0.05) is 22.8 Å². The van der Waals surface area contributed by atoms with Crippen LogP contribution in [-0.2, 0) is 0 Å². The Morgan fingerprint density at radius 1 is 1.26 bits per heavy atom. The fourth-order valence-corrected chi connectivity index (χ4v) is 1.24. The van der Waals surface area contributed by atoms with Crippen molar-refractivity contribution in [2.24, 2.45) is 0 Å². The SMILES string of the molecule is Nc1cc[nH+]cc1.O.O=C(O)c1cc(Cl)ccc1[O-]. The van der Waals surface area contributed by atoms with E-state index in [9.17, 15) is 9.90 Å². The number of nitrogen functional groups attached to an aromatic ring is 1. The Bertz CT molecular complexity index is 535. The average Bonchev–Trinajstić information content (AvgIpc) is 2.34. The largest absolute Gasteiger partial charge is 0.872 e. The van der Waals surface area contributed by atoms with Crippen molar-refractivity contribution in [2.75, 3.05) is 5.73 Å². The molecule has 1 aromatic heterocycles. The second-order valence-corrected chi connectivity index (χ2v) is 3.72. The molecule has 0 aliphatic heterocycles. The monoisotopic (exact) mass is 284 g/mol. The van der Waals surface area contributed by atoms with E-state index in [1.807, 2.05) is 0 Å². The number of carbonyl (C=O) groups is 1. The number of aromatic carboxylic acids is 1. The van der Waals surface area contributed by atoms with E-state index in [-0.39, 0.29) is 16.1 Å². The maximum absolute atomic E-state index is 10.8. The van der Waals surface area contributed by atoms with Gasteiger partial charge in [0.15, 0.2) is 12.4 Å². The van der Waals surface area contributed by atoms with Crippen LogP contribution in [0.15, 0.2) is 42.7 Å². The van der Waals surface area contributed by atoms with Crippen LogP contribution in [0.5, 0.6) is 5.75 Å². The first-order valence-corrected chi connectivity index (χ1v) is 5.30. The van der Waals surface area contributed by atoms with Gasteiger partial charge in [0.2, 0.25) is 0 Å². The van der Waals surface area contributed by atoms with E-state index in [0.29, 0.717) is 0 Å². The molecule has 2 rings (SSSR count). The zero-order valence-corrected chi connectivity index (χ0v) is 10.5. The summed E-state index contributed by atoms with van der Waals surface area (Å²) >= 11 is 5.46. The van der Waals surface area contributed by atoms with E-state index in [0.717, 1.165) is 17.8 Å². The van der Waals surface area contributed by atoms with Gasteiger partial charge in [-0.25, -0.2) is 9.78 Å². The summed E-state index contributed by atoms with van der Waals surface area (Å²) < 4.78 is 0. The highest BCUT2D eigenvalue weighted by Crippen LogP contribution is 2.18. The van der Waals surface area contributed by atoms with Gasteiger partial charge in [0.05, 0.1) is 5.56 Å². The highest BCUT2D eigenvalue weighted by atomic mass is 35.5. The van der Waals surface area contributed by atoms with Crippen LogP contribution in [0.2, 0.25) is 5.02 Å². The summed E-state index contributed by atoms with van der Waals surface area (Å²) in [4.78, 5) is 13.2. The van der Waals surface area contributed by atoms with Crippen LogP contribution < -0.4 is 15.8 Å². The summed E-state index contributed by atoms with van der Waals surface area (Å²) in [7, 11) is 0. The van der Waals surface area contributed by atoms with Crippen LogP contribution in [0.4, 0.5) is 5.69 Å². The first-order valence-electron chi connectivity index (χ1n) is 4.92. The second kappa shape index (κ2) is 7.91. The van der Waals surface area contributed by atoms with Gasteiger partial charge < -0.3 is 21.4 Å². The lowest BCUT2D eigenvalue weighted by Gasteiger charge is -2.08. The lowest BCUT2D eigenvalue weighted by molar-refractivity contribution is -0.377. The number of pyridine rings is 1. The summed E-state index contributed by atoms with van der Waals surface area (Å²) in [6, 6.07) is 7.23. The molecule has 19 heavy (non-hydrogen) atoms. The van der Waals surface area contributed by atoms with Gasteiger partial charge in [-0.15, -0.1) is 0 Å². The number of rotatable bonds is 1. The third-order valence-corrected chi connectivity index (χ3v) is 2.15. The summed E-state index contributed by atoms with van der Waals surface area (Å²) in [5, 5.41) is 19.5. The molecule has 1 heterocycles. The third-order valence-electron chi connectivity index (χ3n) is 1.92. The molecule has 0 unspecified atom stereocenters. The highest BCUT2D eigenvalue weighted by Gasteiger charge is 2.02. The quantitative estimate of drug-likeness (QED) is 0.782. The molecule has 0 spiro atoms. The molecule has 0 saturated heterocycles. The van der Waals surface area contributed by atoms with Crippen molar-refractivity contribution in [1.29, 1.82) is 0 Å². The predicted octanol–water partition coefficient (Wildman–Crippen LogP) is 0.370. The molecule has 6 N–H and O–H groups in total. The maximum Gasteiger partial charge on any atom is 0.335 e. The van der Waals surface area contributed by atoms with Gasteiger partial charge >= 0.3 is 5.97 Å². The summed E-state index contributed by atoms with van der Waals surface area (Å²) in [6.45, 7) is 0. The molecule has 0 radical (unpaired) electrons. The number of hydrogen-bond acceptors (Lipinski definition) is 3. The Hall–Kier alpha value is -2.31. The van der Waals surface area contributed by atoms with Crippen molar-refractivity contribution in [1.82, 2.24) is 0 Å². The molecule has 0 saturated carbocycles. The summed E-state index contributed by atoms with van der Waals surface area (Å²) in [5.41, 5.74) is 5.83. The van der Waals surface area contributed by atoms with Crippen molar-refractivity contribution in [3.8, 4) is 5.75 Å². The summed E-state index contributed by atoms with van der Waals surface area (Å²) in [5.74, 6) is -1.78. The van der Waals surface area contributed by atoms with Crippen LogP contribution in [0.25, 0.3) is 0 Å². The van der Waals surface area contributed by atoms with Crippen LogP contribution >= 0.6 is 11.6 Å². The van der Waals surface area contributed by atoms with Gasteiger partial charge in [0.1, 0.15) is 0 Å². The van der Waals surface area contributed by atoms with Crippen molar-refractivity contribution in [2.45, 2.75) is 0 Å². The van der Waals surface area contributed by atoms with Crippen molar-refractivity contribution >= 4 is 23.3 Å². The molecular formula is C12H13ClN2O4. The standard InChI is InChI=1S/C7H5ClO3.C5H6N2.H2O/c8-4-1-2-6(9)5(3-4)7(10)11;6-5-1-3-7-4-2-5;/h1-3,9H,(H,10,11);1-4H,(H2,6,7);1H2. The average molecular weight is 285 g/mol. The van der Waals surface area contributed by atoms with E-state index in [1.54, 1.807) is 24.5 Å². The van der Waals surface area contributed by atoms with Crippen molar-refractivity contribution in [3.63, 3.8) is 0 Å². The van der Waals surface area contributed by atoms with Gasteiger partial charge in [-0.05, 0) is 12.1 Å². The van der Waals surface area contributed by atoms with Gasteiger partial charge in [-0.2, -0.15) is 0 Å². The third kappa shape index (κ3) is 5.71. The number of halogens is 1. The molecule has 0 aliphatic rings. The Labute approximate surface area is 114 Å². The minimum atomic E-state index is -1.25. The normalized spacial score (nSPS) is 8.68. The molecule has 2 aromatic rings. The molecule has 7 heteroatoms. The Kier molecular flexibility index (Phi) is 6.95. The Balaban J connectivity index is 0.000000352. The van der Waals surface area contributed by atoms with E-state index in [2.05, 4.69) is 4.98 Å². The first-order chi connectivity index (χ1) is 8.50. The molecule has 0 aliphatic carbocycles. The number of carboxylic acids is 1. The van der Waals surface area contributed by atoms with Gasteiger partial charge in [-0.3, -0.25) is 0 Å². The van der Waals surface area contributed by atoms with Crippen LogP contribution in [0.1, 0.15) is 10.4 Å². The van der Waals surface area contributed by atoms with Gasteiger partial charge in [0.25, 0.3) is 0 Å². The smallest absolute Gasteiger partial charge is 0.335 e. The minimum absolute atomic E-state index is 0. The molecule has 0 atom stereocenters. The Morgan fingerprint density at radius 2 is 1.84 bits per heavy atom. The number of nitrogens with two attached hydrogens (primary N) is 1. The number of aromatic nitrogens is 1. The molecule has 1 aromatic carbocycles. The highest BCUT2D eigenvalue weighted by molar-refractivity contribution is 6.31. The van der Waals surface area contributed by atoms with Crippen LogP contribution in [0, 0.1) is 0 Å². The fraction of sp³-hybridized carbons (Fsp3) is 0. The van der Waals surface area contributed by atoms with Crippen LogP contribution in [0.3, 0.4) is 0 Å². The minimum Gasteiger partial charge on any atom is -0.872 e. The zero-order valence-electron chi connectivity index (χ0n) is 9.76. The lowest BCUT2D eigenvalue weighted by Crippen LogP contribution is -2.02. The number of H-pyrrole nitrogens is 1. The summed E-state index contributed by atoms with van der Waals surface area (Å²) in [6.07, 6.45) is 3.57. The number of anilines is 1. The van der Waals surface area contributed by atoms with Crippen LogP contribution in [-0.4, -0.2) is 16.6 Å².